The zero-order valence-electron chi connectivity index (χ0n) is 17.3. The molecule has 2 amide bonds. The predicted octanol–water partition coefficient (Wildman–Crippen LogP) is 3.48. The average Bonchev–Trinajstić information content (AvgIpc) is 2.74. The van der Waals surface area contributed by atoms with Crippen LogP contribution in [0, 0.1) is 0 Å². The first-order chi connectivity index (χ1) is 14.2. The van der Waals surface area contributed by atoms with Gasteiger partial charge in [0.2, 0.25) is 0 Å². The van der Waals surface area contributed by atoms with Crippen LogP contribution in [0.3, 0.4) is 0 Å². The zero-order valence-corrected chi connectivity index (χ0v) is 17.3. The van der Waals surface area contributed by atoms with E-state index in [0.29, 0.717) is 13.2 Å². The molecule has 1 atom stereocenters. The second-order valence-corrected chi connectivity index (χ2v) is 7.21. The second-order valence-electron chi connectivity index (χ2n) is 7.21. The van der Waals surface area contributed by atoms with E-state index in [4.69, 9.17) is 9.47 Å². The Balaban J connectivity index is 1.53. The van der Waals surface area contributed by atoms with E-state index in [0.717, 1.165) is 49.7 Å². The van der Waals surface area contributed by atoms with Gasteiger partial charge in [-0.2, -0.15) is 0 Å². The van der Waals surface area contributed by atoms with Crippen molar-refractivity contribution < 1.29 is 14.3 Å². The molecular weight excluding hydrogens is 366 g/mol. The summed E-state index contributed by atoms with van der Waals surface area (Å²) in [5.74, 6) is 0.816. The van der Waals surface area contributed by atoms with E-state index in [1.807, 2.05) is 50.2 Å². The molecule has 2 aromatic carbocycles. The number of hydrogen-bond acceptors (Lipinski definition) is 4. The Bertz CT molecular complexity index is 790. The number of nitrogens with zero attached hydrogens (tertiary/aromatic N) is 1. The summed E-state index contributed by atoms with van der Waals surface area (Å²) >= 11 is 0. The Morgan fingerprint density at radius 2 is 1.90 bits per heavy atom. The first kappa shape index (κ1) is 21.1. The Morgan fingerprint density at radius 3 is 2.66 bits per heavy atom. The highest BCUT2D eigenvalue weighted by atomic mass is 16.5. The van der Waals surface area contributed by atoms with Gasteiger partial charge in [-0.05, 0) is 42.7 Å². The highest BCUT2D eigenvalue weighted by Gasteiger charge is 2.14. The van der Waals surface area contributed by atoms with Crippen LogP contribution in [0.15, 0.2) is 48.5 Å². The minimum absolute atomic E-state index is 0.112. The lowest BCUT2D eigenvalue weighted by Gasteiger charge is -2.27. The minimum Gasteiger partial charge on any atom is -0.494 e. The first-order valence-electron chi connectivity index (χ1n) is 10.3. The monoisotopic (exact) mass is 397 g/mol. The van der Waals surface area contributed by atoms with Crippen LogP contribution in [-0.4, -0.2) is 43.8 Å². The molecule has 1 heterocycles. The third-order valence-corrected chi connectivity index (χ3v) is 5.07. The summed E-state index contributed by atoms with van der Waals surface area (Å²) in [5.41, 5.74) is 3.39. The molecule has 0 bridgehead atoms. The number of carbonyl (C=O) groups is 1. The van der Waals surface area contributed by atoms with Gasteiger partial charge >= 0.3 is 6.03 Å². The van der Waals surface area contributed by atoms with Crippen molar-refractivity contribution in [3.63, 3.8) is 0 Å². The van der Waals surface area contributed by atoms with Gasteiger partial charge in [0.05, 0.1) is 25.9 Å². The normalized spacial score (nSPS) is 15.5. The highest BCUT2D eigenvalue weighted by molar-refractivity contribution is 5.74. The molecule has 1 aliphatic rings. The maximum Gasteiger partial charge on any atom is 0.315 e. The summed E-state index contributed by atoms with van der Waals surface area (Å²) < 4.78 is 11.0. The third-order valence-electron chi connectivity index (χ3n) is 5.07. The van der Waals surface area contributed by atoms with Crippen molar-refractivity contribution in [3.8, 4) is 5.75 Å². The van der Waals surface area contributed by atoms with Gasteiger partial charge in [-0.1, -0.05) is 36.4 Å². The van der Waals surface area contributed by atoms with E-state index >= 15 is 0 Å². The predicted molar refractivity (Wildman–Crippen MR) is 114 cm³/mol. The molecule has 0 spiro atoms. The number of morpholine rings is 1. The van der Waals surface area contributed by atoms with E-state index in [2.05, 4.69) is 27.7 Å². The van der Waals surface area contributed by atoms with Crippen LogP contribution in [0.2, 0.25) is 0 Å². The molecule has 1 unspecified atom stereocenters. The molecule has 29 heavy (non-hydrogen) atoms. The molecule has 1 aliphatic heterocycles. The van der Waals surface area contributed by atoms with Gasteiger partial charge in [0.25, 0.3) is 0 Å². The average molecular weight is 398 g/mol. The van der Waals surface area contributed by atoms with Crippen LogP contribution in [0.25, 0.3) is 0 Å². The highest BCUT2D eigenvalue weighted by Crippen LogP contribution is 2.19. The van der Waals surface area contributed by atoms with E-state index in [9.17, 15) is 4.79 Å². The van der Waals surface area contributed by atoms with Crippen molar-refractivity contribution in [1.29, 1.82) is 0 Å². The van der Waals surface area contributed by atoms with Gasteiger partial charge in [0.15, 0.2) is 0 Å². The van der Waals surface area contributed by atoms with Crippen LogP contribution in [-0.2, 0) is 17.8 Å². The molecule has 0 saturated carbocycles. The third kappa shape index (κ3) is 6.48. The molecule has 0 aliphatic carbocycles. The molecule has 1 fully saturated rings. The smallest absolute Gasteiger partial charge is 0.315 e. The van der Waals surface area contributed by atoms with Crippen LogP contribution < -0.4 is 15.4 Å². The second kappa shape index (κ2) is 10.8. The maximum absolute atomic E-state index is 12.4. The summed E-state index contributed by atoms with van der Waals surface area (Å²) in [5, 5.41) is 6.00. The minimum atomic E-state index is -0.180. The number of nitrogens with one attached hydrogen (secondary N) is 2. The van der Waals surface area contributed by atoms with Crippen molar-refractivity contribution in [2.75, 3.05) is 32.9 Å². The molecule has 2 N–H and O–H groups in total. The van der Waals surface area contributed by atoms with Crippen LogP contribution in [0.4, 0.5) is 4.79 Å². The fourth-order valence-corrected chi connectivity index (χ4v) is 3.43. The van der Waals surface area contributed by atoms with Crippen LogP contribution in [0.1, 0.15) is 36.6 Å². The number of benzene rings is 2. The summed E-state index contributed by atoms with van der Waals surface area (Å²) in [6.45, 7) is 9.38. The van der Waals surface area contributed by atoms with E-state index in [-0.39, 0.29) is 12.1 Å². The number of amides is 2. The van der Waals surface area contributed by atoms with Crippen molar-refractivity contribution in [2.24, 2.45) is 0 Å². The van der Waals surface area contributed by atoms with Gasteiger partial charge in [0.1, 0.15) is 5.75 Å². The summed E-state index contributed by atoms with van der Waals surface area (Å²) in [6.07, 6.45) is 0. The first-order valence-corrected chi connectivity index (χ1v) is 10.3. The van der Waals surface area contributed by atoms with Gasteiger partial charge in [-0.3, -0.25) is 4.90 Å². The summed E-state index contributed by atoms with van der Waals surface area (Å²) in [6, 6.07) is 15.8. The van der Waals surface area contributed by atoms with E-state index in [1.54, 1.807) is 0 Å². The molecule has 0 radical (unpaired) electrons. The number of hydrogen-bond donors (Lipinski definition) is 2. The molecular formula is C23H31N3O3. The SMILES string of the molecule is CCOc1cccc(C(C)NC(=O)NCc2ccccc2CN2CCOCC2)c1. The molecule has 1 saturated heterocycles. The van der Waals surface area contributed by atoms with Crippen molar-refractivity contribution >= 4 is 6.03 Å². The van der Waals surface area contributed by atoms with E-state index < -0.39 is 0 Å². The number of carbonyl (C=O) groups excluding carboxylic acids is 1. The molecule has 2 aromatic rings. The van der Waals surface area contributed by atoms with Gasteiger partial charge in [-0.15, -0.1) is 0 Å². The van der Waals surface area contributed by atoms with Gasteiger partial charge in [-0.25, -0.2) is 4.79 Å². The van der Waals surface area contributed by atoms with Crippen LogP contribution >= 0.6 is 0 Å². The zero-order chi connectivity index (χ0) is 20.5. The Labute approximate surface area is 173 Å². The Kier molecular flexibility index (Phi) is 7.90. The fraction of sp³-hybridized carbons (Fsp3) is 0.435. The molecule has 6 heteroatoms. The lowest BCUT2D eigenvalue weighted by molar-refractivity contribution is 0.0341. The van der Waals surface area contributed by atoms with Gasteiger partial charge < -0.3 is 20.1 Å². The van der Waals surface area contributed by atoms with Crippen molar-refractivity contribution in [1.82, 2.24) is 15.5 Å². The van der Waals surface area contributed by atoms with Gasteiger partial charge in [0, 0.05) is 26.2 Å². The Morgan fingerprint density at radius 1 is 1.14 bits per heavy atom. The van der Waals surface area contributed by atoms with Crippen molar-refractivity contribution in [3.05, 3.63) is 65.2 Å². The maximum atomic E-state index is 12.4. The quantitative estimate of drug-likeness (QED) is 0.716. The lowest BCUT2D eigenvalue weighted by Crippen LogP contribution is -2.37. The standard InChI is InChI=1S/C23H31N3O3/c1-3-29-22-10-6-9-19(15-22)18(2)25-23(27)24-16-20-7-4-5-8-21(20)17-26-11-13-28-14-12-26/h4-10,15,18H,3,11-14,16-17H2,1-2H3,(H2,24,25,27). The van der Waals surface area contributed by atoms with E-state index in [1.165, 1.54) is 5.56 Å². The van der Waals surface area contributed by atoms with Crippen LogP contribution in [0.5, 0.6) is 5.75 Å². The Hall–Kier alpha value is -2.57. The summed E-state index contributed by atoms with van der Waals surface area (Å²) in [4.78, 5) is 14.8. The summed E-state index contributed by atoms with van der Waals surface area (Å²) in [7, 11) is 0. The molecule has 6 nitrogen and oxygen atoms in total. The lowest BCUT2D eigenvalue weighted by atomic mass is 10.1. The molecule has 3 rings (SSSR count). The topological polar surface area (TPSA) is 62.8 Å². The van der Waals surface area contributed by atoms with Crippen molar-refractivity contribution in [2.45, 2.75) is 33.0 Å². The largest absolute Gasteiger partial charge is 0.494 e. The number of ether oxygens (including phenoxy) is 2. The molecule has 0 aromatic heterocycles. The number of rotatable bonds is 8. The number of urea groups is 1. The fourth-order valence-electron chi connectivity index (χ4n) is 3.43. The molecule has 156 valence electrons.